The van der Waals surface area contributed by atoms with Crippen LogP contribution in [0.1, 0.15) is 251 Å². The van der Waals surface area contributed by atoms with E-state index < -0.39 is 124 Å². The van der Waals surface area contributed by atoms with Crippen molar-refractivity contribution in [3.05, 3.63) is 109 Å². The van der Waals surface area contributed by atoms with Gasteiger partial charge in [-0.05, 0) is 83.5 Å². The highest BCUT2D eigenvalue weighted by atomic mass is 16.8. The minimum absolute atomic E-state index is 0.219. The van der Waals surface area contributed by atoms with E-state index in [1.54, 1.807) is 0 Å². The number of ether oxygens (including phenoxy) is 6. The number of hydrogen-bond donors (Lipinski definition) is 12. The molecule has 0 aromatic carbocycles. The second-order valence-corrected chi connectivity index (χ2v) is 26.7. The summed E-state index contributed by atoms with van der Waals surface area (Å²) >= 11 is 0. The molecule has 0 aromatic heterocycles. The lowest BCUT2D eigenvalue weighted by Gasteiger charge is -2.48. The predicted molar refractivity (Wildman–Crippen MR) is 387 cm³/mol. The van der Waals surface area contributed by atoms with Gasteiger partial charge in [-0.1, -0.05) is 271 Å². The molecule has 564 valence electrons. The number of hydrogen-bond acceptors (Lipinski definition) is 18. The number of unbranched alkanes of at least 4 members (excludes halogenated alkanes) is 24. The Kier molecular flexibility index (Phi) is 53.3. The second kappa shape index (κ2) is 58.9. The quantitative estimate of drug-likeness (QED) is 0.0199. The molecule has 1 amide bonds. The van der Waals surface area contributed by atoms with E-state index >= 15 is 0 Å². The van der Waals surface area contributed by atoms with Gasteiger partial charge in [0, 0.05) is 6.42 Å². The summed E-state index contributed by atoms with van der Waals surface area (Å²) in [5, 5.41) is 121. The Morgan fingerprint density at radius 3 is 1.09 bits per heavy atom. The van der Waals surface area contributed by atoms with Gasteiger partial charge in [0.2, 0.25) is 5.91 Å². The Bertz CT molecular complexity index is 2200. The molecule has 0 radical (unpaired) electrons. The third-order valence-corrected chi connectivity index (χ3v) is 18.4. The van der Waals surface area contributed by atoms with E-state index in [2.05, 4.69) is 129 Å². The average Bonchev–Trinajstić information content (AvgIpc) is 0.785. The third kappa shape index (κ3) is 39.2. The molecule has 0 aliphatic carbocycles. The van der Waals surface area contributed by atoms with Gasteiger partial charge in [0.05, 0.1) is 38.6 Å². The molecule has 17 unspecified atom stereocenters. The lowest BCUT2D eigenvalue weighted by Crippen LogP contribution is -2.66. The number of carbonyl (C=O) groups excluding carboxylic acids is 1. The summed E-state index contributed by atoms with van der Waals surface area (Å²) in [5.74, 6) is -0.277. The summed E-state index contributed by atoms with van der Waals surface area (Å²) < 4.78 is 34.5. The number of carbonyl (C=O) groups is 1. The highest BCUT2D eigenvalue weighted by Crippen LogP contribution is 2.33. The highest BCUT2D eigenvalue weighted by Gasteiger charge is 2.53. The highest BCUT2D eigenvalue weighted by molar-refractivity contribution is 5.76. The SMILES string of the molecule is CC/C=C\C/C=C\C/C=C\C/C=C\C/C=C\C/C=C\C/C=C\C/C=C\C/C=C\CCCCCC(=O)NC(COC1OC(CO)C(OC2OC(CO)C(OC3OC(CO)C(O)C(O)C3O)C(O)C2O)C(O)C1O)C(O)CCCCCCCCCCCCCCCCCCCCCCCC. The fourth-order valence-corrected chi connectivity index (χ4v) is 12.2. The number of aliphatic hydroxyl groups excluding tert-OH is 11. The molecule has 0 saturated carbocycles. The van der Waals surface area contributed by atoms with E-state index in [9.17, 15) is 61.0 Å². The standard InChI is InChI=1S/C79H135NO18/c1-3-5-7-9-11-13-15-17-19-21-23-25-27-28-29-30-31-32-33-34-35-37-39-41-43-45-47-49-51-53-55-57-67(85)80-62(63(84)56-54-52-50-48-46-44-42-40-38-36-26-24-22-20-18-16-14-12-10-8-6-4-2)61-93-77-73(91)70(88)75(65(59-82)95-77)98-79-74(92)71(89)76(66(60-83)96-79)97-78-72(90)69(87)68(86)64(58-81)94-78/h5,7,11,13,17,19,23,25,28-29,31-32,34-35,39,41,45,47,62-66,68-79,81-84,86-92H,3-4,6,8-10,12,14-16,18,20-22,24,26-27,30,33,36-38,40,42-44,46,48-61H2,1-2H3,(H,80,85)/b7-5-,13-11-,19-17-,25-23-,29-28-,32-31-,35-34-,41-39-,47-45-. The maximum absolute atomic E-state index is 13.5. The van der Waals surface area contributed by atoms with Crippen molar-refractivity contribution in [1.29, 1.82) is 0 Å². The van der Waals surface area contributed by atoms with Crippen LogP contribution >= 0.6 is 0 Å². The number of rotatable bonds is 58. The van der Waals surface area contributed by atoms with E-state index in [0.29, 0.717) is 19.3 Å². The normalized spacial score (nSPS) is 27.4. The average molecular weight is 1390 g/mol. The summed E-state index contributed by atoms with van der Waals surface area (Å²) in [7, 11) is 0. The molecule has 0 bridgehead atoms. The summed E-state index contributed by atoms with van der Waals surface area (Å²) in [6.07, 6.45) is 53.0. The van der Waals surface area contributed by atoms with Crippen molar-refractivity contribution >= 4 is 5.91 Å². The molecule has 19 nitrogen and oxygen atoms in total. The van der Waals surface area contributed by atoms with Gasteiger partial charge in [-0.15, -0.1) is 0 Å². The number of nitrogens with one attached hydrogen (secondary N) is 1. The van der Waals surface area contributed by atoms with Crippen molar-refractivity contribution < 1.29 is 89.4 Å². The van der Waals surface area contributed by atoms with Gasteiger partial charge in [-0.25, -0.2) is 0 Å². The first-order valence-electron chi connectivity index (χ1n) is 38.1. The predicted octanol–water partition coefficient (Wildman–Crippen LogP) is 11.8. The van der Waals surface area contributed by atoms with Crippen LogP contribution in [0.2, 0.25) is 0 Å². The van der Waals surface area contributed by atoms with Crippen LogP contribution < -0.4 is 5.32 Å². The van der Waals surface area contributed by atoms with E-state index in [0.717, 1.165) is 96.3 Å². The van der Waals surface area contributed by atoms with E-state index in [4.69, 9.17) is 28.4 Å². The van der Waals surface area contributed by atoms with Gasteiger partial charge in [0.25, 0.3) is 0 Å². The van der Waals surface area contributed by atoms with Crippen molar-refractivity contribution in [3.63, 3.8) is 0 Å². The molecule has 3 saturated heterocycles. The Balaban J connectivity index is 1.42. The summed E-state index contributed by atoms with van der Waals surface area (Å²) in [4.78, 5) is 13.5. The third-order valence-electron chi connectivity index (χ3n) is 18.4. The molecule has 0 aromatic rings. The van der Waals surface area contributed by atoms with Crippen LogP contribution in [0.15, 0.2) is 109 Å². The lowest BCUT2D eigenvalue weighted by molar-refractivity contribution is -0.379. The van der Waals surface area contributed by atoms with Crippen molar-refractivity contribution in [1.82, 2.24) is 5.32 Å². The zero-order valence-electron chi connectivity index (χ0n) is 60.0. The van der Waals surface area contributed by atoms with Crippen LogP contribution in [0.25, 0.3) is 0 Å². The van der Waals surface area contributed by atoms with E-state index in [1.807, 2.05) is 0 Å². The molecule has 19 heteroatoms. The Labute approximate surface area is 589 Å². The monoisotopic (exact) mass is 1390 g/mol. The van der Waals surface area contributed by atoms with Crippen LogP contribution in [0, 0.1) is 0 Å². The van der Waals surface area contributed by atoms with Crippen molar-refractivity contribution in [3.8, 4) is 0 Å². The van der Waals surface area contributed by atoms with E-state index in [1.165, 1.54) is 116 Å². The maximum Gasteiger partial charge on any atom is 0.220 e. The molecule has 3 aliphatic rings. The van der Waals surface area contributed by atoms with Crippen molar-refractivity contribution in [2.45, 2.75) is 356 Å². The molecular formula is C79H135NO18. The summed E-state index contributed by atoms with van der Waals surface area (Å²) in [6, 6.07) is -0.915. The summed E-state index contributed by atoms with van der Waals surface area (Å²) in [5.41, 5.74) is 0. The first-order valence-corrected chi connectivity index (χ1v) is 38.1. The van der Waals surface area contributed by atoms with Crippen LogP contribution in [-0.2, 0) is 33.2 Å². The molecule has 3 rings (SSSR count). The second-order valence-electron chi connectivity index (χ2n) is 26.7. The van der Waals surface area contributed by atoms with Crippen molar-refractivity contribution in [2.24, 2.45) is 0 Å². The zero-order chi connectivity index (χ0) is 71.1. The minimum Gasteiger partial charge on any atom is -0.394 e. The lowest BCUT2D eigenvalue weighted by atomic mass is 9.96. The topological polar surface area (TPSA) is 307 Å². The molecule has 3 heterocycles. The molecular weight excluding hydrogens is 1250 g/mol. The molecule has 3 aliphatic heterocycles. The Hall–Kier alpha value is -3.55. The summed E-state index contributed by atoms with van der Waals surface area (Å²) in [6.45, 7) is 1.67. The van der Waals surface area contributed by atoms with Gasteiger partial charge < -0.3 is 89.9 Å². The van der Waals surface area contributed by atoms with Gasteiger partial charge in [-0.3, -0.25) is 4.79 Å². The van der Waals surface area contributed by atoms with Crippen LogP contribution in [0.3, 0.4) is 0 Å². The molecule has 0 spiro atoms. The molecule has 12 N–H and O–H groups in total. The number of amides is 1. The largest absolute Gasteiger partial charge is 0.394 e. The smallest absolute Gasteiger partial charge is 0.220 e. The Morgan fingerprint density at radius 2 is 0.704 bits per heavy atom. The van der Waals surface area contributed by atoms with E-state index in [-0.39, 0.29) is 18.9 Å². The van der Waals surface area contributed by atoms with Crippen LogP contribution in [-0.4, -0.2) is 193 Å². The molecule has 98 heavy (non-hydrogen) atoms. The molecule has 17 atom stereocenters. The van der Waals surface area contributed by atoms with Gasteiger partial charge in [0.1, 0.15) is 73.2 Å². The number of allylic oxidation sites excluding steroid dienone is 18. The van der Waals surface area contributed by atoms with Gasteiger partial charge in [-0.2, -0.15) is 0 Å². The van der Waals surface area contributed by atoms with Crippen LogP contribution in [0.5, 0.6) is 0 Å². The fourth-order valence-electron chi connectivity index (χ4n) is 12.2. The first-order chi connectivity index (χ1) is 47.8. The maximum atomic E-state index is 13.5. The van der Waals surface area contributed by atoms with Gasteiger partial charge >= 0.3 is 0 Å². The first kappa shape index (κ1) is 88.7. The zero-order valence-corrected chi connectivity index (χ0v) is 60.0. The van der Waals surface area contributed by atoms with Crippen molar-refractivity contribution in [2.75, 3.05) is 26.4 Å². The molecule has 3 fully saturated rings. The fraction of sp³-hybridized carbons (Fsp3) is 0.759. The van der Waals surface area contributed by atoms with Crippen LogP contribution in [0.4, 0.5) is 0 Å². The minimum atomic E-state index is -1.98. The number of aliphatic hydroxyl groups is 11. The van der Waals surface area contributed by atoms with Gasteiger partial charge in [0.15, 0.2) is 18.9 Å². The Morgan fingerprint density at radius 1 is 0.378 bits per heavy atom.